The summed E-state index contributed by atoms with van der Waals surface area (Å²) in [6.07, 6.45) is -14.2. The van der Waals surface area contributed by atoms with Crippen LogP contribution in [0, 0.1) is 12.3 Å². The van der Waals surface area contributed by atoms with Crippen molar-refractivity contribution in [2.24, 2.45) is 34.4 Å². The average Bonchev–Trinajstić information content (AvgIpc) is 3.30. The minimum absolute atomic E-state index is 0.0922. The van der Waals surface area contributed by atoms with E-state index in [1.54, 1.807) is 0 Å². The summed E-state index contributed by atoms with van der Waals surface area (Å²) in [6.45, 7) is -0.595. The number of nitrogens with two attached hydrogens (primary N) is 6. The van der Waals surface area contributed by atoms with Gasteiger partial charge in [-0.25, -0.2) is 0 Å². The molecule has 0 radical (unpaired) electrons. The van der Waals surface area contributed by atoms with E-state index in [-0.39, 0.29) is 32.7 Å². The van der Waals surface area contributed by atoms with Crippen molar-refractivity contribution in [1.29, 1.82) is 0 Å². The van der Waals surface area contributed by atoms with Crippen molar-refractivity contribution >= 4 is 0 Å². The molecule has 7 unspecified atom stereocenters. The molecule has 19 atom stereocenters. The zero-order valence-corrected chi connectivity index (χ0v) is 24.6. The molecule has 1 saturated carbocycles. The molecule has 1 aliphatic carbocycles. The lowest BCUT2D eigenvalue weighted by atomic mass is 9.84. The maximum atomic E-state index is 11.4. The van der Waals surface area contributed by atoms with Gasteiger partial charge in [0, 0.05) is 25.2 Å². The normalized spacial score (nSPS) is 50.8. The van der Waals surface area contributed by atoms with Crippen LogP contribution in [0.15, 0.2) is 0 Å². The third-order valence-electron chi connectivity index (χ3n) is 8.66. The van der Waals surface area contributed by atoms with Gasteiger partial charge in [-0.1, -0.05) is 5.92 Å². The van der Waals surface area contributed by atoms with E-state index in [2.05, 4.69) is 5.92 Å². The van der Waals surface area contributed by atoms with Crippen LogP contribution in [0.3, 0.4) is 0 Å². The summed E-state index contributed by atoms with van der Waals surface area (Å²) in [4.78, 5) is 0. The summed E-state index contributed by atoms with van der Waals surface area (Å²) in [6, 6.07) is -4.18. The van der Waals surface area contributed by atoms with Crippen LogP contribution in [0.25, 0.3) is 0 Å². The number of ether oxygens (including phenoxy) is 7. The first-order valence-corrected chi connectivity index (χ1v) is 14.8. The van der Waals surface area contributed by atoms with Gasteiger partial charge in [0.25, 0.3) is 0 Å². The molecule has 19 nitrogen and oxygen atoms in total. The van der Waals surface area contributed by atoms with E-state index < -0.39 is 116 Å². The molecular weight excluding hydrogens is 604 g/mol. The fourth-order valence-corrected chi connectivity index (χ4v) is 5.96. The van der Waals surface area contributed by atoms with Gasteiger partial charge >= 0.3 is 0 Å². The van der Waals surface area contributed by atoms with E-state index in [9.17, 15) is 30.6 Å². The first kappa shape index (κ1) is 36.6. The summed E-state index contributed by atoms with van der Waals surface area (Å²) >= 11 is 0. The van der Waals surface area contributed by atoms with Gasteiger partial charge in [-0.2, -0.15) is 0 Å². The zero-order valence-electron chi connectivity index (χ0n) is 24.6. The molecule has 3 heterocycles. The number of aliphatic hydroxyl groups excluding tert-OH is 6. The largest absolute Gasteiger partial charge is 0.389 e. The molecule has 0 aromatic rings. The molecule has 3 aliphatic heterocycles. The lowest BCUT2D eigenvalue weighted by Gasteiger charge is -2.47. The monoisotopic (exact) mass is 652 g/mol. The van der Waals surface area contributed by atoms with E-state index in [1.807, 2.05) is 0 Å². The van der Waals surface area contributed by atoms with Gasteiger partial charge < -0.3 is 98.2 Å². The first-order chi connectivity index (χ1) is 21.3. The minimum atomic E-state index is -1.57. The lowest BCUT2D eigenvalue weighted by Crippen LogP contribution is -2.68. The Morgan fingerprint density at radius 2 is 1.09 bits per heavy atom. The molecule has 0 bridgehead atoms. The highest BCUT2D eigenvalue weighted by molar-refractivity contribution is 5.02. The number of hydrogen-bond donors (Lipinski definition) is 12. The van der Waals surface area contributed by atoms with Crippen molar-refractivity contribution in [2.75, 3.05) is 26.3 Å². The second-order valence-corrected chi connectivity index (χ2v) is 11.8. The predicted molar refractivity (Wildman–Crippen MR) is 151 cm³/mol. The van der Waals surface area contributed by atoms with Crippen LogP contribution < -0.4 is 34.4 Å². The van der Waals surface area contributed by atoms with Gasteiger partial charge in [0.2, 0.25) is 0 Å². The molecule has 45 heavy (non-hydrogen) atoms. The van der Waals surface area contributed by atoms with Gasteiger partial charge in [0.05, 0.1) is 24.8 Å². The Balaban J connectivity index is 1.53. The standard InChI is InChI=1S/C26H48N6O13/c1-2-3-39-7-12-22(44-25-14(32)19(37)17(35)11(6-28)41-25)20(38)26(42-12)45-23-15(33)8(29)4-9(30)21(23)43-24-13(31)18(36)16(34)10(5-27)40-24/h1,8-26,33-38H,3-7,27-32H2/t8-,9?,10?,11+,12-,13?,14?,15?,16-,17-,18-,19?,20?,21-,22+,23-,24-,25-,26+/m1/s1. The Bertz CT molecular complexity index is 982. The highest BCUT2D eigenvalue weighted by Crippen LogP contribution is 2.34. The summed E-state index contributed by atoms with van der Waals surface area (Å²) in [7, 11) is 0. The van der Waals surface area contributed by atoms with Crippen molar-refractivity contribution in [2.45, 2.75) is 123 Å². The topological polar surface area (TPSA) is 342 Å². The molecule has 0 aromatic carbocycles. The number of hydrogen-bond acceptors (Lipinski definition) is 19. The fourth-order valence-electron chi connectivity index (χ4n) is 5.96. The molecular formula is C26H48N6O13. The Labute approximate surface area is 259 Å². The van der Waals surface area contributed by atoms with Crippen molar-refractivity contribution in [3.63, 3.8) is 0 Å². The van der Waals surface area contributed by atoms with Gasteiger partial charge in [-0.3, -0.25) is 0 Å². The summed E-state index contributed by atoms with van der Waals surface area (Å²) in [5.74, 6) is 2.31. The maximum Gasteiger partial charge on any atom is 0.187 e. The molecule has 18 N–H and O–H groups in total. The van der Waals surface area contributed by atoms with Crippen LogP contribution in [0.1, 0.15) is 6.42 Å². The smallest absolute Gasteiger partial charge is 0.187 e. The second kappa shape index (κ2) is 15.8. The van der Waals surface area contributed by atoms with Crippen LogP contribution in [0.4, 0.5) is 0 Å². The first-order valence-electron chi connectivity index (χ1n) is 14.8. The maximum absolute atomic E-state index is 11.4. The predicted octanol–water partition coefficient (Wildman–Crippen LogP) is -8.24. The molecule has 4 fully saturated rings. The second-order valence-electron chi connectivity index (χ2n) is 11.8. The van der Waals surface area contributed by atoms with E-state index in [0.29, 0.717) is 0 Å². The highest BCUT2D eigenvalue weighted by Gasteiger charge is 2.54. The van der Waals surface area contributed by atoms with Crippen LogP contribution in [-0.2, 0) is 33.2 Å². The quantitative estimate of drug-likeness (QED) is 0.0728. The Hall–Kier alpha value is -1.20. The van der Waals surface area contributed by atoms with E-state index in [1.165, 1.54) is 0 Å². The van der Waals surface area contributed by atoms with E-state index >= 15 is 0 Å². The summed E-state index contributed by atoms with van der Waals surface area (Å²) in [5.41, 5.74) is 36.0. The summed E-state index contributed by atoms with van der Waals surface area (Å²) in [5, 5.41) is 63.7. The van der Waals surface area contributed by atoms with E-state index in [4.69, 9.17) is 74.0 Å². The van der Waals surface area contributed by atoms with E-state index in [0.717, 1.165) is 0 Å². The van der Waals surface area contributed by atoms with Crippen molar-refractivity contribution < 1.29 is 63.8 Å². The third kappa shape index (κ3) is 7.76. The molecule has 260 valence electrons. The van der Waals surface area contributed by atoms with Gasteiger partial charge in [0.1, 0.15) is 73.8 Å². The fraction of sp³-hybridized carbons (Fsp3) is 0.923. The molecule has 0 amide bonds. The third-order valence-corrected chi connectivity index (χ3v) is 8.66. The van der Waals surface area contributed by atoms with Crippen LogP contribution >= 0.6 is 0 Å². The minimum Gasteiger partial charge on any atom is -0.389 e. The van der Waals surface area contributed by atoms with Crippen molar-refractivity contribution in [1.82, 2.24) is 0 Å². The van der Waals surface area contributed by atoms with Crippen LogP contribution in [0.2, 0.25) is 0 Å². The molecule has 19 heteroatoms. The molecule has 0 aromatic heterocycles. The summed E-state index contributed by atoms with van der Waals surface area (Å²) < 4.78 is 40.8. The van der Waals surface area contributed by atoms with Crippen LogP contribution in [0.5, 0.6) is 0 Å². The SMILES string of the molecule is C#CCOC[C@H]1O[C@@H](O[C@@H]2C(O)[C@H](N)CC(N)[C@H]2O[C@H]2OC(CN)[C@@H](O)[C@H](O)C2N)C(O)[C@H]1O[C@H]1O[C@@H](CN)[C@@H](O)C(O)C1N. The van der Waals surface area contributed by atoms with Gasteiger partial charge in [0.15, 0.2) is 18.9 Å². The van der Waals surface area contributed by atoms with Gasteiger partial charge in [-0.15, -0.1) is 6.42 Å². The average molecular weight is 653 g/mol. The zero-order chi connectivity index (χ0) is 33.2. The Kier molecular flexibility index (Phi) is 12.9. The molecule has 3 saturated heterocycles. The number of terminal acetylenes is 1. The Morgan fingerprint density at radius 1 is 0.600 bits per heavy atom. The van der Waals surface area contributed by atoms with Gasteiger partial charge in [-0.05, 0) is 6.42 Å². The van der Waals surface area contributed by atoms with Crippen molar-refractivity contribution in [3.05, 3.63) is 0 Å². The number of rotatable bonds is 11. The molecule has 0 spiro atoms. The lowest BCUT2D eigenvalue weighted by molar-refractivity contribution is -0.307. The number of aliphatic hydroxyl groups is 6. The highest BCUT2D eigenvalue weighted by atomic mass is 16.8. The Morgan fingerprint density at radius 3 is 1.60 bits per heavy atom. The van der Waals surface area contributed by atoms with Crippen molar-refractivity contribution in [3.8, 4) is 12.3 Å². The molecule has 4 rings (SSSR count). The van der Waals surface area contributed by atoms with Crippen LogP contribution in [-0.4, -0.2) is 173 Å². The molecule has 4 aliphatic rings.